The molecule has 0 amide bonds. The third kappa shape index (κ3) is 7.37. The van der Waals surface area contributed by atoms with Gasteiger partial charge >= 0.3 is 21.7 Å². The van der Waals surface area contributed by atoms with Crippen LogP contribution < -0.4 is 52.8 Å². The molecule has 0 nitrogen and oxygen atoms in total. The standard InChI is InChI=1S/C36H43Si.3ClH.Ti/c1-25(2)29-13-9-16-32(22-29)37(33-17-10-14-30(23-33)26(3)4,34-18-11-15-31(24-34)27(5)6)36-21-20-28-12-7-8-19-35(28)36;;;;/h7-19,21-28,35-36H,20H2,1-6H3;3*1H;/q-1;;;;+4/p-3. The maximum Gasteiger partial charge on any atom is 4.00 e. The molecule has 2 aliphatic carbocycles. The maximum absolute atomic E-state index is 2.72. The van der Waals surface area contributed by atoms with Crippen LogP contribution in [0.1, 0.15) is 82.4 Å². The number of hydrogen-bond donors (Lipinski definition) is 0. The summed E-state index contributed by atoms with van der Waals surface area (Å²) in [6, 6.07) is 29.1. The van der Waals surface area contributed by atoms with Gasteiger partial charge < -0.3 is 43.6 Å². The summed E-state index contributed by atoms with van der Waals surface area (Å²) in [7, 11) is -2.47. The molecule has 3 unspecified atom stereocenters. The molecule has 0 saturated heterocycles. The molecule has 0 N–H and O–H groups in total. The molecule has 0 aliphatic heterocycles. The van der Waals surface area contributed by atoms with Crippen LogP contribution in [-0.4, -0.2) is 8.07 Å². The van der Waals surface area contributed by atoms with E-state index in [-0.39, 0.29) is 58.9 Å². The number of halogens is 3. The molecule has 2 aliphatic rings. The third-order valence-corrected chi connectivity index (χ3v) is 14.2. The molecular weight excluding hydrogens is 615 g/mol. The molecule has 0 spiro atoms. The van der Waals surface area contributed by atoms with Crippen molar-refractivity contribution in [3.8, 4) is 0 Å². The molecule has 41 heavy (non-hydrogen) atoms. The summed E-state index contributed by atoms with van der Waals surface area (Å²) in [5.41, 5.74) is 4.85. The fraction of sp³-hybridized carbons (Fsp3) is 0.361. The van der Waals surface area contributed by atoms with Crippen LogP contribution in [-0.2, 0) is 21.7 Å². The van der Waals surface area contributed by atoms with Crippen molar-refractivity contribution in [2.45, 2.75) is 71.3 Å². The van der Waals surface area contributed by atoms with Crippen LogP contribution in [0.5, 0.6) is 0 Å². The van der Waals surface area contributed by atoms with Crippen molar-refractivity contribution in [2.75, 3.05) is 0 Å². The summed E-state index contributed by atoms with van der Waals surface area (Å²) in [6.07, 6.45) is 13.4. The van der Waals surface area contributed by atoms with Gasteiger partial charge in [-0.25, -0.2) is 0 Å². The van der Waals surface area contributed by atoms with E-state index in [2.05, 4.69) is 145 Å². The van der Waals surface area contributed by atoms with Crippen molar-refractivity contribution >= 4 is 23.6 Å². The second-order valence-electron chi connectivity index (χ2n) is 12.2. The number of hydrogen-bond acceptors (Lipinski definition) is 0. The average molecular weight is 658 g/mol. The Labute approximate surface area is 284 Å². The number of fused-ring (bicyclic) bond motifs is 1. The van der Waals surface area contributed by atoms with Gasteiger partial charge in [-0.3, -0.25) is 0 Å². The largest absolute Gasteiger partial charge is 4.00 e. The van der Waals surface area contributed by atoms with Crippen molar-refractivity contribution in [1.82, 2.24) is 0 Å². The second-order valence-corrected chi connectivity index (χ2v) is 16.2. The van der Waals surface area contributed by atoms with Gasteiger partial charge in [0.2, 0.25) is 0 Å². The smallest absolute Gasteiger partial charge is 1.00 e. The van der Waals surface area contributed by atoms with E-state index in [4.69, 9.17) is 0 Å². The second kappa shape index (κ2) is 16.1. The first-order chi connectivity index (χ1) is 17.8. The quantitative estimate of drug-likeness (QED) is 0.172. The van der Waals surface area contributed by atoms with Crippen molar-refractivity contribution in [3.05, 3.63) is 120 Å². The molecular formula is C36H43Cl3SiTi. The van der Waals surface area contributed by atoms with E-state index in [1.54, 1.807) is 15.6 Å². The summed E-state index contributed by atoms with van der Waals surface area (Å²) in [4.78, 5) is 0. The van der Waals surface area contributed by atoms with E-state index in [1.165, 1.54) is 23.1 Å². The van der Waals surface area contributed by atoms with Gasteiger partial charge in [-0.2, -0.15) is 12.0 Å². The van der Waals surface area contributed by atoms with Gasteiger partial charge in [0, 0.05) is 0 Å². The zero-order valence-electron chi connectivity index (χ0n) is 25.1. The summed E-state index contributed by atoms with van der Waals surface area (Å²) in [5, 5.41) is 4.68. The molecule has 0 radical (unpaired) electrons. The topological polar surface area (TPSA) is 0 Å². The Bertz CT molecular complexity index is 1190. The van der Waals surface area contributed by atoms with Gasteiger partial charge in [0.15, 0.2) is 0 Å². The van der Waals surface area contributed by atoms with E-state index in [0.29, 0.717) is 35.1 Å². The van der Waals surface area contributed by atoms with E-state index in [9.17, 15) is 0 Å². The van der Waals surface area contributed by atoms with Gasteiger partial charge in [0.25, 0.3) is 0 Å². The molecule has 0 bridgehead atoms. The van der Waals surface area contributed by atoms with Crippen LogP contribution in [0.3, 0.4) is 0 Å². The van der Waals surface area contributed by atoms with Crippen molar-refractivity contribution in [1.29, 1.82) is 0 Å². The van der Waals surface area contributed by atoms with Gasteiger partial charge in [-0.05, 0) is 46.3 Å². The Balaban J connectivity index is 0.00000210. The molecule has 0 aromatic heterocycles. The SMILES string of the molecule is CC(C)c1cccc([Si](c2cccc(C(C)C)c2)(c2cccc(C(C)C)c2)C2[CH-]CC3C=CC=CC32)c1.[Cl-].[Cl-].[Cl-].[Ti+4]. The molecule has 3 aromatic carbocycles. The minimum atomic E-state index is -2.47. The molecule has 0 heterocycles. The molecule has 5 heteroatoms. The average Bonchev–Trinajstić information content (AvgIpc) is 3.34. The molecule has 3 aromatic rings. The van der Waals surface area contributed by atoms with Crippen molar-refractivity contribution in [2.24, 2.45) is 11.8 Å². The molecule has 1 fully saturated rings. The summed E-state index contributed by atoms with van der Waals surface area (Å²) in [5.74, 6) is 2.68. The Kier molecular flexibility index (Phi) is 14.9. The minimum absolute atomic E-state index is 0. The number of allylic oxidation sites excluding steroid dienone is 4. The Morgan fingerprint density at radius 2 is 1.00 bits per heavy atom. The molecule has 5 rings (SSSR count). The predicted octanol–water partition coefficient (Wildman–Crippen LogP) is -1.13. The summed E-state index contributed by atoms with van der Waals surface area (Å²) in [6.45, 7) is 14.0. The monoisotopic (exact) mass is 656 g/mol. The number of benzene rings is 3. The Hall–Kier alpha value is -1.06. The summed E-state index contributed by atoms with van der Waals surface area (Å²) >= 11 is 0. The zero-order valence-corrected chi connectivity index (χ0v) is 29.9. The van der Waals surface area contributed by atoms with Crippen LogP contribution in [0, 0.1) is 18.3 Å². The van der Waals surface area contributed by atoms with Crippen LogP contribution in [0.15, 0.2) is 97.1 Å². The van der Waals surface area contributed by atoms with Gasteiger partial charge in [-0.15, -0.1) is 0 Å². The fourth-order valence-corrected chi connectivity index (χ4v) is 12.6. The first-order valence-electron chi connectivity index (χ1n) is 14.3. The van der Waals surface area contributed by atoms with Crippen molar-refractivity contribution < 1.29 is 58.9 Å². The van der Waals surface area contributed by atoms with Gasteiger partial charge in [0.1, 0.15) is 8.07 Å². The van der Waals surface area contributed by atoms with E-state index >= 15 is 0 Å². The Morgan fingerprint density at radius 1 is 0.610 bits per heavy atom. The first-order valence-corrected chi connectivity index (χ1v) is 16.4. The third-order valence-electron chi connectivity index (χ3n) is 8.90. The fourth-order valence-electron chi connectivity index (χ4n) is 6.72. The minimum Gasteiger partial charge on any atom is -1.00 e. The van der Waals surface area contributed by atoms with Crippen LogP contribution in [0.4, 0.5) is 0 Å². The van der Waals surface area contributed by atoms with Crippen LogP contribution in [0.2, 0.25) is 5.54 Å². The number of rotatable bonds is 7. The molecule has 3 atom stereocenters. The van der Waals surface area contributed by atoms with Crippen LogP contribution >= 0.6 is 0 Å². The predicted molar refractivity (Wildman–Crippen MR) is 164 cm³/mol. The zero-order chi connectivity index (χ0) is 26.2. The molecule has 1 saturated carbocycles. The normalized spacial score (nSPS) is 19.2. The molecule has 216 valence electrons. The van der Waals surface area contributed by atoms with Gasteiger partial charge in [-0.1, -0.05) is 154 Å². The maximum atomic E-state index is 2.72. The summed E-state index contributed by atoms with van der Waals surface area (Å²) < 4.78 is 0. The van der Waals surface area contributed by atoms with E-state index in [0.717, 1.165) is 0 Å². The Morgan fingerprint density at radius 3 is 1.39 bits per heavy atom. The van der Waals surface area contributed by atoms with E-state index < -0.39 is 8.07 Å². The van der Waals surface area contributed by atoms with Crippen LogP contribution in [0.25, 0.3) is 0 Å². The van der Waals surface area contributed by atoms with Gasteiger partial charge in [0.05, 0.1) is 0 Å². The first kappa shape index (κ1) is 38.0. The van der Waals surface area contributed by atoms with E-state index in [1.807, 2.05) is 0 Å². The van der Waals surface area contributed by atoms with Crippen molar-refractivity contribution in [3.63, 3.8) is 0 Å².